The molecule has 0 fully saturated rings. The topological polar surface area (TPSA) is 77.8 Å². The second-order valence-corrected chi connectivity index (χ2v) is 2.65. The van der Waals surface area contributed by atoms with Crippen LogP contribution in [0.5, 0.6) is 0 Å². The molecule has 0 amide bonds. The smallest absolute Gasteiger partial charge is 0.208 e. The van der Waals surface area contributed by atoms with Crippen LogP contribution in [0.15, 0.2) is 23.1 Å². The van der Waals surface area contributed by atoms with Gasteiger partial charge in [0, 0.05) is 5.69 Å². The molecule has 5 heteroatoms. The SMILES string of the molecule is Cc1cc(-c2oncc2N)ncn1. The maximum atomic E-state index is 5.61. The van der Waals surface area contributed by atoms with Gasteiger partial charge in [0.25, 0.3) is 0 Å². The van der Waals surface area contributed by atoms with E-state index in [4.69, 9.17) is 10.3 Å². The molecule has 0 spiro atoms. The Balaban J connectivity index is 2.53. The summed E-state index contributed by atoms with van der Waals surface area (Å²) in [5.74, 6) is 0.491. The van der Waals surface area contributed by atoms with Crippen LogP contribution in [0.25, 0.3) is 11.5 Å². The molecule has 66 valence electrons. The Labute approximate surface area is 74.6 Å². The molecular formula is C8H8N4O. The fraction of sp³-hybridized carbons (Fsp3) is 0.125. The third-order valence-corrected chi connectivity index (χ3v) is 1.63. The van der Waals surface area contributed by atoms with Crippen LogP contribution < -0.4 is 5.73 Å². The summed E-state index contributed by atoms with van der Waals surface area (Å²) in [6.45, 7) is 1.87. The number of anilines is 1. The summed E-state index contributed by atoms with van der Waals surface area (Å²) in [6.07, 6.45) is 2.92. The third-order valence-electron chi connectivity index (χ3n) is 1.63. The van der Waals surface area contributed by atoms with Gasteiger partial charge >= 0.3 is 0 Å². The summed E-state index contributed by atoms with van der Waals surface area (Å²) in [7, 11) is 0. The van der Waals surface area contributed by atoms with Crippen molar-refractivity contribution in [2.75, 3.05) is 5.73 Å². The van der Waals surface area contributed by atoms with E-state index in [2.05, 4.69) is 15.1 Å². The van der Waals surface area contributed by atoms with E-state index in [1.54, 1.807) is 6.07 Å². The highest BCUT2D eigenvalue weighted by molar-refractivity contribution is 5.66. The van der Waals surface area contributed by atoms with E-state index in [1.165, 1.54) is 12.5 Å². The maximum Gasteiger partial charge on any atom is 0.208 e. The molecule has 13 heavy (non-hydrogen) atoms. The van der Waals surface area contributed by atoms with E-state index in [0.717, 1.165) is 5.69 Å². The number of aromatic nitrogens is 3. The van der Waals surface area contributed by atoms with Gasteiger partial charge in [-0.25, -0.2) is 9.97 Å². The number of hydrogen-bond donors (Lipinski definition) is 1. The van der Waals surface area contributed by atoms with Crippen molar-refractivity contribution in [3.8, 4) is 11.5 Å². The lowest BCUT2D eigenvalue weighted by atomic mass is 10.2. The van der Waals surface area contributed by atoms with Crippen LogP contribution in [-0.4, -0.2) is 15.1 Å². The van der Waals surface area contributed by atoms with Crippen LogP contribution in [0, 0.1) is 6.92 Å². The second-order valence-electron chi connectivity index (χ2n) is 2.65. The van der Waals surface area contributed by atoms with E-state index < -0.39 is 0 Å². The molecule has 0 aliphatic carbocycles. The van der Waals surface area contributed by atoms with Gasteiger partial charge in [-0.05, 0) is 13.0 Å². The van der Waals surface area contributed by atoms with Crippen LogP contribution in [0.3, 0.4) is 0 Å². The number of nitrogen functional groups attached to an aromatic ring is 1. The first-order chi connectivity index (χ1) is 6.27. The number of rotatable bonds is 1. The Kier molecular flexibility index (Phi) is 1.70. The Morgan fingerprint density at radius 1 is 1.38 bits per heavy atom. The first-order valence-corrected chi connectivity index (χ1v) is 3.76. The molecule has 0 unspecified atom stereocenters. The molecule has 0 aliphatic rings. The predicted octanol–water partition coefficient (Wildman–Crippen LogP) is 1.02. The lowest BCUT2D eigenvalue weighted by Gasteiger charge is -1.96. The number of nitrogens with two attached hydrogens (primary N) is 1. The summed E-state index contributed by atoms with van der Waals surface area (Å²) < 4.78 is 4.94. The molecule has 2 rings (SSSR count). The summed E-state index contributed by atoms with van der Waals surface area (Å²) in [5, 5.41) is 3.57. The average Bonchev–Trinajstić information content (AvgIpc) is 2.51. The minimum atomic E-state index is 0.484. The maximum absolute atomic E-state index is 5.61. The largest absolute Gasteiger partial charge is 0.394 e. The van der Waals surface area contributed by atoms with Gasteiger partial charge in [-0.1, -0.05) is 5.16 Å². The van der Waals surface area contributed by atoms with Crippen molar-refractivity contribution in [3.05, 3.63) is 24.3 Å². The summed E-state index contributed by atoms with van der Waals surface area (Å²) in [6, 6.07) is 1.79. The van der Waals surface area contributed by atoms with Crippen molar-refractivity contribution in [2.45, 2.75) is 6.92 Å². The van der Waals surface area contributed by atoms with Gasteiger partial charge in [0.2, 0.25) is 5.76 Å². The number of hydrogen-bond acceptors (Lipinski definition) is 5. The molecule has 0 aliphatic heterocycles. The molecule has 0 saturated carbocycles. The van der Waals surface area contributed by atoms with Crippen molar-refractivity contribution >= 4 is 5.69 Å². The van der Waals surface area contributed by atoms with Crippen LogP contribution in [-0.2, 0) is 0 Å². The van der Waals surface area contributed by atoms with Crippen LogP contribution in [0.2, 0.25) is 0 Å². The molecule has 2 aromatic heterocycles. The first kappa shape index (κ1) is 7.72. The van der Waals surface area contributed by atoms with E-state index in [0.29, 0.717) is 17.1 Å². The van der Waals surface area contributed by atoms with Gasteiger partial charge in [-0.15, -0.1) is 0 Å². The van der Waals surface area contributed by atoms with Gasteiger partial charge in [0.1, 0.15) is 17.7 Å². The zero-order valence-electron chi connectivity index (χ0n) is 7.06. The van der Waals surface area contributed by atoms with E-state index in [1.807, 2.05) is 6.92 Å². The summed E-state index contributed by atoms with van der Waals surface area (Å²) in [4.78, 5) is 7.98. The van der Waals surface area contributed by atoms with Gasteiger partial charge < -0.3 is 10.3 Å². The molecule has 0 saturated heterocycles. The predicted molar refractivity (Wildman–Crippen MR) is 46.7 cm³/mol. The fourth-order valence-electron chi connectivity index (χ4n) is 1.02. The average molecular weight is 176 g/mol. The van der Waals surface area contributed by atoms with Crippen LogP contribution >= 0.6 is 0 Å². The Morgan fingerprint density at radius 3 is 2.85 bits per heavy atom. The Hall–Kier alpha value is -1.91. The highest BCUT2D eigenvalue weighted by atomic mass is 16.5. The zero-order valence-corrected chi connectivity index (χ0v) is 7.06. The van der Waals surface area contributed by atoms with E-state index in [9.17, 15) is 0 Å². The summed E-state index contributed by atoms with van der Waals surface area (Å²) in [5.41, 5.74) is 7.61. The molecule has 0 atom stereocenters. The fourth-order valence-corrected chi connectivity index (χ4v) is 1.02. The van der Waals surface area contributed by atoms with Crippen molar-refractivity contribution in [1.29, 1.82) is 0 Å². The van der Waals surface area contributed by atoms with Crippen molar-refractivity contribution in [3.63, 3.8) is 0 Å². The molecule has 0 radical (unpaired) electrons. The molecule has 2 aromatic rings. The van der Waals surface area contributed by atoms with Crippen molar-refractivity contribution < 1.29 is 4.52 Å². The minimum Gasteiger partial charge on any atom is -0.394 e. The number of aryl methyl sites for hydroxylation is 1. The van der Waals surface area contributed by atoms with Crippen molar-refractivity contribution in [1.82, 2.24) is 15.1 Å². The lowest BCUT2D eigenvalue weighted by molar-refractivity contribution is 0.431. The van der Waals surface area contributed by atoms with Crippen LogP contribution in [0.1, 0.15) is 5.69 Å². The van der Waals surface area contributed by atoms with Crippen molar-refractivity contribution in [2.24, 2.45) is 0 Å². The van der Waals surface area contributed by atoms with Gasteiger partial charge in [-0.3, -0.25) is 0 Å². The molecule has 0 aromatic carbocycles. The zero-order chi connectivity index (χ0) is 9.26. The second kappa shape index (κ2) is 2.85. The highest BCUT2D eigenvalue weighted by Gasteiger charge is 2.08. The molecule has 2 N–H and O–H groups in total. The quantitative estimate of drug-likeness (QED) is 0.701. The monoisotopic (exact) mass is 176 g/mol. The molecule has 5 nitrogen and oxygen atoms in total. The lowest BCUT2D eigenvalue weighted by Crippen LogP contribution is -1.90. The molecular weight excluding hydrogens is 168 g/mol. The van der Waals surface area contributed by atoms with Gasteiger partial charge in [-0.2, -0.15) is 0 Å². The normalized spacial score (nSPS) is 10.2. The minimum absolute atomic E-state index is 0.484. The van der Waals surface area contributed by atoms with Crippen LogP contribution in [0.4, 0.5) is 5.69 Å². The van der Waals surface area contributed by atoms with Gasteiger partial charge in [0.15, 0.2) is 0 Å². The first-order valence-electron chi connectivity index (χ1n) is 3.76. The van der Waals surface area contributed by atoms with Gasteiger partial charge in [0.05, 0.1) is 6.20 Å². The standard InChI is InChI=1S/C8H8N4O/c1-5-2-7(11-4-10-5)8-6(9)3-12-13-8/h2-4H,9H2,1H3. The van der Waals surface area contributed by atoms with E-state index in [-0.39, 0.29) is 0 Å². The highest BCUT2D eigenvalue weighted by Crippen LogP contribution is 2.22. The van der Waals surface area contributed by atoms with E-state index >= 15 is 0 Å². The third kappa shape index (κ3) is 1.35. The molecule has 2 heterocycles. The molecule has 0 bridgehead atoms. The Bertz CT molecular complexity index is 424. The summed E-state index contributed by atoms with van der Waals surface area (Å²) >= 11 is 0. The number of nitrogens with zero attached hydrogens (tertiary/aromatic N) is 3. The Morgan fingerprint density at radius 2 is 2.23 bits per heavy atom.